The van der Waals surface area contributed by atoms with E-state index in [1.165, 1.54) is 28.6 Å². The monoisotopic (exact) mass is 491 g/mol. The summed E-state index contributed by atoms with van der Waals surface area (Å²) in [6.07, 6.45) is 3.01. The number of benzene rings is 2. The van der Waals surface area contributed by atoms with E-state index >= 15 is 0 Å². The molecule has 1 unspecified atom stereocenters. The lowest BCUT2D eigenvalue weighted by Gasteiger charge is -2.23. The van der Waals surface area contributed by atoms with Gasteiger partial charge in [0.05, 0.1) is 28.4 Å². The number of aromatic nitrogens is 2. The molecule has 170 valence electrons. The lowest BCUT2D eigenvalue weighted by atomic mass is 9.96. The van der Waals surface area contributed by atoms with Crippen LogP contribution in [0.4, 0.5) is 5.13 Å². The number of Topliss-reactive ketones (excluding diaryl/α,β-unsaturated/α-hetero) is 1. The Labute approximate surface area is 203 Å². The first-order valence-electron chi connectivity index (χ1n) is 10.5. The Morgan fingerprint density at radius 1 is 1.15 bits per heavy atom. The van der Waals surface area contributed by atoms with E-state index < -0.39 is 17.7 Å². The zero-order chi connectivity index (χ0) is 23.8. The van der Waals surface area contributed by atoms with E-state index in [-0.39, 0.29) is 11.3 Å². The molecule has 0 radical (unpaired) electrons. The highest BCUT2D eigenvalue weighted by Gasteiger charge is 2.48. The van der Waals surface area contributed by atoms with Gasteiger partial charge >= 0.3 is 5.91 Å². The summed E-state index contributed by atoms with van der Waals surface area (Å²) < 4.78 is 6.38. The fourth-order valence-electron chi connectivity index (χ4n) is 3.94. The van der Waals surface area contributed by atoms with Gasteiger partial charge in [0.15, 0.2) is 5.13 Å². The molecule has 1 amide bonds. The predicted molar refractivity (Wildman–Crippen MR) is 131 cm³/mol. The van der Waals surface area contributed by atoms with Crippen molar-refractivity contribution in [2.75, 3.05) is 11.5 Å². The molecule has 2 aromatic heterocycles. The minimum atomic E-state index is -0.904. The number of carbonyl (C=O) groups excluding carboxylic acids is 2. The van der Waals surface area contributed by atoms with Crippen LogP contribution in [-0.2, 0) is 9.59 Å². The summed E-state index contributed by atoms with van der Waals surface area (Å²) in [4.78, 5) is 36.4. The van der Waals surface area contributed by atoms with Crippen molar-refractivity contribution in [3.8, 4) is 5.75 Å². The molecule has 0 bridgehead atoms. The molecular weight excluding hydrogens is 474 g/mol. The Balaban J connectivity index is 1.70. The maximum atomic E-state index is 13.3. The number of amides is 1. The minimum absolute atomic E-state index is 0.0345. The fourth-order valence-corrected chi connectivity index (χ4v) is 5.16. The summed E-state index contributed by atoms with van der Waals surface area (Å²) >= 11 is 7.51. The van der Waals surface area contributed by atoms with Crippen molar-refractivity contribution in [2.24, 2.45) is 0 Å². The van der Waals surface area contributed by atoms with Gasteiger partial charge in [-0.25, -0.2) is 4.98 Å². The first kappa shape index (κ1) is 22.1. The average molecular weight is 492 g/mol. The number of carbonyl (C=O) groups is 2. The number of nitrogens with zero attached hydrogens (tertiary/aromatic N) is 3. The number of thiazole rings is 1. The molecule has 1 aliphatic heterocycles. The molecule has 1 aliphatic rings. The summed E-state index contributed by atoms with van der Waals surface area (Å²) in [6.45, 7) is 2.42. The van der Waals surface area contributed by atoms with Crippen LogP contribution >= 0.6 is 22.9 Å². The molecule has 0 aliphatic carbocycles. The molecule has 2 aromatic carbocycles. The summed E-state index contributed by atoms with van der Waals surface area (Å²) in [5, 5.41) is 11.9. The number of halogens is 1. The molecule has 9 heteroatoms. The van der Waals surface area contributed by atoms with Crippen LogP contribution < -0.4 is 9.64 Å². The second-order valence-corrected chi connectivity index (χ2v) is 8.96. The molecule has 0 spiro atoms. The van der Waals surface area contributed by atoms with Crippen molar-refractivity contribution >= 4 is 55.7 Å². The zero-order valence-electron chi connectivity index (χ0n) is 17.9. The van der Waals surface area contributed by atoms with E-state index in [1.807, 2.05) is 19.1 Å². The number of hydrogen-bond donors (Lipinski definition) is 1. The van der Waals surface area contributed by atoms with Crippen LogP contribution in [0.3, 0.4) is 0 Å². The number of pyridine rings is 1. The highest BCUT2D eigenvalue weighted by Crippen LogP contribution is 2.44. The van der Waals surface area contributed by atoms with E-state index in [9.17, 15) is 14.7 Å². The second kappa shape index (κ2) is 8.89. The highest BCUT2D eigenvalue weighted by atomic mass is 35.5. The lowest BCUT2D eigenvalue weighted by Crippen LogP contribution is -2.29. The zero-order valence-corrected chi connectivity index (χ0v) is 19.5. The Morgan fingerprint density at radius 3 is 2.68 bits per heavy atom. The van der Waals surface area contributed by atoms with Gasteiger partial charge in [-0.1, -0.05) is 35.1 Å². The number of anilines is 1. The molecule has 34 heavy (non-hydrogen) atoms. The number of ether oxygens (including phenoxy) is 1. The highest BCUT2D eigenvalue weighted by molar-refractivity contribution is 7.22. The molecule has 0 saturated carbocycles. The van der Waals surface area contributed by atoms with Gasteiger partial charge in [-0.15, -0.1) is 0 Å². The Kier molecular flexibility index (Phi) is 5.77. The molecule has 7 nitrogen and oxygen atoms in total. The maximum absolute atomic E-state index is 13.3. The standard InChI is InChI=1S/C25H18ClN3O4S/c1-2-33-17-6-7-18-19(13-17)34-25(28-18)29-21(15-4-3-5-16(26)12-15)20(23(31)24(29)32)22(30)14-8-10-27-11-9-14/h3-13,21,30H,2H2,1H3. The van der Waals surface area contributed by atoms with Gasteiger partial charge in [-0.05, 0) is 55.0 Å². The van der Waals surface area contributed by atoms with Crippen LogP contribution in [0.1, 0.15) is 24.1 Å². The third kappa shape index (κ3) is 3.81. The Hall–Kier alpha value is -3.75. The number of ketones is 1. The van der Waals surface area contributed by atoms with Gasteiger partial charge in [-0.2, -0.15) is 0 Å². The van der Waals surface area contributed by atoms with Crippen LogP contribution in [0.15, 0.2) is 72.6 Å². The summed E-state index contributed by atoms with van der Waals surface area (Å²) in [6, 6.07) is 14.6. The number of aliphatic hydroxyl groups is 1. The molecule has 3 heterocycles. The average Bonchev–Trinajstić information content (AvgIpc) is 3.37. The second-order valence-electron chi connectivity index (χ2n) is 7.52. The Bertz CT molecular complexity index is 1450. The molecule has 5 rings (SSSR count). The fraction of sp³-hybridized carbons (Fsp3) is 0.120. The van der Waals surface area contributed by atoms with Gasteiger partial charge in [-0.3, -0.25) is 19.5 Å². The summed E-state index contributed by atoms with van der Waals surface area (Å²) in [5.41, 5.74) is 1.60. The van der Waals surface area contributed by atoms with Crippen molar-refractivity contribution in [2.45, 2.75) is 13.0 Å². The van der Waals surface area contributed by atoms with E-state index in [4.69, 9.17) is 16.3 Å². The quantitative estimate of drug-likeness (QED) is 0.229. The van der Waals surface area contributed by atoms with E-state index in [2.05, 4.69) is 9.97 Å². The van der Waals surface area contributed by atoms with Crippen LogP contribution in [0.25, 0.3) is 16.0 Å². The van der Waals surface area contributed by atoms with Crippen LogP contribution in [0.5, 0.6) is 5.75 Å². The van der Waals surface area contributed by atoms with Gasteiger partial charge in [0.25, 0.3) is 5.78 Å². The maximum Gasteiger partial charge on any atom is 0.301 e. The minimum Gasteiger partial charge on any atom is -0.507 e. The number of rotatable bonds is 5. The molecule has 1 saturated heterocycles. The normalized spacial score (nSPS) is 17.5. The Morgan fingerprint density at radius 2 is 1.94 bits per heavy atom. The van der Waals surface area contributed by atoms with Crippen molar-refractivity contribution in [3.05, 3.63) is 88.7 Å². The predicted octanol–water partition coefficient (Wildman–Crippen LogP) is 5.37. The topological polar surface area (TPSA) is 92.6 Å². The van der Waals surface area contributed by atoms with Gasteiger partial charge < -0.3 is 9.84 Å². The molecule has 1 atom stereocenters. The van der Waals surface area contributed by atoms with E-state index in [0.717, 1.165) is 4.70 Å². The van der Waals surface area contributed by atoms with Crippen molar-refractivity contribution in [1.82, 2.24) is 9.97 Å². The molecular formula is C25H18ClN3O4S. The van der Waals surface area contributed by atoms with Gasteiger partial charge in [0, 0.05) is 23.0 Å². The third-order valence-electron chi connectivity index (χ3n) is 5.43. The lowest BCUT2D eigenvalue weighted by molar-refractivity contribution is -0.132. The van der Waals surface area contributed by atoms with Crippen molar-refractivity contribution in [1.29, 1.82) is 0 Å². The number of fused-ring (bicyclic) bond motifs is 1. The van der Waals surface area contributed by atoms with E-state index in [1.54, 1.807) is 42.5 Å². The first-order chi connectivity index (χ1) is 16.5. The number of hydrogen-bond acceptors (Lipinski definition) is 7. The van der Waals surface area contributed by atoms with Gasteiger partial charge in [0.1, 0.15) is 11.5 Å². The third-order valence-corrected chi connectivity index (χ3v) is 6.68. The number of aliphatic hydroxyl groups excluding tert-OH is 1. The van der Waals surface area contributed by atoms with Crippen LogP contribution in [-0.4, -0.2) is 33.4 Å². The van der Waals surface area contributed by atoms with Crippen molar-refractivity contribution in [3.63, 3.8) is 0 Å². The largest absolute Gasteiger partial charge is 0.507 e. The smallest absolute Gasteiger partial charge is 0.301 e. The van der Waals surface area contributed by atoms with Crippen LogP contribution in [0.2, 0.25) is 5.02 Å². The van der Waals surface area contributed by atoms with Crippen molar-refractivity contribution < 1.29 is 19.4 Å². The SMILES string of the molecule is CCOc1ccc2nc(N3C(=O)C(=O)C(=C(O)c4ccncc4)C3c3cccc(Cl)c3)sc2c1. The van der Waals surface area contributed by atoms with Crippen LogP contribution in [0, 0.1) is 0 Å². The van der Waals surface area contributed by atoms with E-state index in [0.29, 0.717) is 39.2 Å². The molecule has 1 fully saturated rings. The summed E-state index contributed by atoms with van der Waals surface area (Å²) in [5.74, 6) is -1.16. The first-order valence-corrected chi connectivity index (χ1v) is 11.7. The molecule has 1 N–H and O–H groups in total. The molecule has 4 aromatic rings. The summed E-state index contributed by atoms with van der Waals surface area (Å²) in [7, 11) is 0. The van der Waals surface area contributed by atoms with Gasteiger partial charge in [0.2, 0.25) is 0 Å².